The van der Waals surface area contributed by atoms with Crippen molar-refractivity contribution in [3.05, 3.63) is 45.9 Å². The van der Waals surface area contributed by atoms with Crippen LogP contribution in [0.5, 0.6) is 5.75 Å². The summed E-state index contributed by atoms with van der Waals surface area (Å²) in [5.41, 5.74) is 0. The Labute approximate surface area is 129 Å². The molecular weight excluding hydrogens is 292 g/mol. The van der Waals surface area contributed by atoms with Crippen molar-refractivity contribution in [2.24, 2.45) is 0 Å². The first kappa shape index (κ1) is 15.3. The normalized spacial score (nSPS) is 12.3. The Morgan fingerprint density at radius 2 is 2.35 bits per heavy atom. The average molecular weight is 311 g/mol. The van der Waals surface area contributed by atoms with Crippen LogP contribution < -0.4 is 10.1 Å². The lowest BCUT2D eigenvalue weighted by atomic mass is 10.2. The van der Waals surface area contributed by atoms with Crippen molar-refractivity contribution in [1.82, 2.24) is 10.3 Å². The van der Waals surface area contributed by atoms with Gasteiger partial charge in [0.05, 0.1) is 5.01 Å². The predicted molar refractivity (Wildman–Crippen MR) is 84.8 cm³/mol. The zero-order valence-electron chi connectivity index (χ0n) is 11.5. The van der Waals surface area contributed by atoms with Gasteiger partial charge in [0, 0.05) is 29.1 Å². The third-order valence-electron chi connectivity index (χ3n) is 2.83. The summed E-state index contributed by atoms with van der Waals surface area (Å²) in [4.78, 5) is 4.34. The molecule has 1 heterocycles. The maximum Gasteiger partial charge on any atom is 0.120 e. The van der Waals surface area contributed by atoms with Crippen LogP contribution in [0.25, 0.3) is 0 Å². The topological polar surface area (TPSA) is 34.1 Å². The van der Waals surface area contributed by atoms with Crippen molar-refractivity contribution in [3.8, 4) is 5.75 Å². The second-order valence-electron chi connectivity index (χ2n) is 4.55. The number of hydrogen-bond acceptors (Lipinski definition) is 4. The second kappa shape index (κ2) is 8.25. The summed E-state index contributed by atoms with van der Waals surface area (Å²) < 4.78 is 5.82. The number of ether oxygens (including phenoxy) is 1. The molecular formula is C15H19ClN2OS. The molecule has 0 saturated carbocycles. The monoisotopic (exact) mass is 310 g/mol. The van der Waals surface area contributed by atoms with Crippen LogP contribution in [0.2, 0.25) is 5.02 Å². The van der Waals surface area contributed by atoms with Gasteiger partial charge in [-0.15, -0.1) is 11.3 Å². The fraction of sp³-hybridized carbons (Fsp3) is 0.400. The molecule has 1 atom stereocenters. The minimum absolute atomic E-state index is 0.264. The summed E-state index contributed by atoms with van der Waals surface area (Å²) in [6.07, 6.45) is 3.83. The minimum atomic E-state index is 0.264. The summed E-state index contributed by atoms with van der Waals surface area (Å²) in [6.45, 7) is 3.75. The first-order valence-corrected chi connectivity index (χ1v) is 8.04. The number of rotatable bonds is 8. The third kappa shape index (κ3) is 5.12. The molecule has 0 saturated heterocycles. The molecule has 0 spiro atoms. The Kier molecular flexibility index (Phi) is 6.30. The number of hydrogen-bond donors (Lipinski definition) is 1. The van der Waals surface area contributed by atoms with E-state index < -0.39 is 0 Å². The standard InChI is InChI=1S/C15H19ClN2OS/c1-2-6-17-13(10-15-18-7-8-20-15)11-19-14-5-3-4-12(16)9-14/h3-5,7-9,13,17H,2,6,10-11H2,1H3. The first-order chi connectivity index (χ1) is 9.78. The Morgan fingerprint density at radius 1 is 1.45 bits per heavy atom. The van der Waals surface area contributed by atoms with Gasteiger partial charge in [-0.1, -0.05) is 24.6 Å². The molecule has 0 amide bonds. The molecule has 0 aliphatic heterocycles. The van der Waals surface area contributed by atoms with E-state index in [-0.39, 0.29) is 6.04 Å². The molecule has 1 N–H and O–H groups in total. The van der Waals surface area contributed by atoms with Crippen LogP contribution in [-0.2, 0) is 6.42 Å². The van der Waals surface area contributed by atoms with Gasteiger partial charge < -0.3 is 10.1 Å². The molecule has 0 bridgehead atoms. The SMILES string of the molecule is CCCNC(COc1cccc(Cl)c1)Cc1nccs1. The van der Waals surface area contributed by atoms with Crippen LogP contribution in [0.4, 0.5) is 0 Å². The molecule has 5 heteroatoms. The lowest BCUT2D eigenvalue weighted by molar-refractivity contribution is 0.263. The van der Waals surface area contributed by atoms with Gasteiger partial charge in [0.1, 0.15) is 12.4 Å². The van der Waals surface area contributed by atoms with Crippen LogP contribution in [0, 0.1) is 0 Å². The molecule has 0 aliphatic carbocycles. The van der Waals surface area contributed by atoms with E-state index >= 15 is 0 Å². The summed E-state index contributed by atoms with van der Waals surface area (Å²) >= 11 is 7.64. The zero-order valence-corrected chi connectivity index (χ0v) is 13.1. The Balaban J connectivity index is 1.89. The maximum atomic E-state index is 5.95. The number of halogens is 1. The lowest BCUT2D eigenvalue weighted by Crippen LogP contribution is -2.37. The Hall–Kier alpha value is -1.10. The minimum Gasteiger partial charge on any atom is -0.492 e. The van der Waals surface area contributed by atoms with E-state index in [1.54, 1.807) is 11.3 Å². The van der Waals surface area contributed by atoms with Crippen molar-refractivity contribution in [1.29, 1.82) is 0 Å². The number of aromatic nitrogens is 1. The van der Waals surface area contributed by atoms with Gasteiger partial charge in [0.25, 0.3) is 0 Å². The molecule has 1 unspecified atom stereocenters. The first-order valence-electron chi connectivity index (χ1n) is 6.78. The smallest absolute Gasteiger partial charge is 0.120 e. The van der Waals surface area contributed by atoms with Gasteiger partial charge in [-0.25, -0.2) is 4.98 Å². The van der Waals surface area contributed by atoms with Crippen LogP contribution in [0.15, 0.2) is 35.8 Å². The van der Waals surface area contributed by atoms with Crippen LogP contribution in [-0.4, -0.2) is 24.2 Å². The van der Waals surface area contributed by atoms with Crippen molar-refractivity contribution < 1.29 is 4.74 Å². The Bertz CT molecular complexity index is 504. The highest BCUT2D eigenvalue weighted by atomic mass is 35.5. The molecule has 1 aromatic carbocycles. The summed E-state index contributed by atoms with van der Waals surface area (Å²) in [6, 6.07) is 7.76. The summed E-state index contributed by atoms with van der Waals surface area (Å²) in [5.74, 6) is 0.805. The second-order valence-corrected chi connectivity index (χ2v) is 5.96. The molecule has 108 valence electrons. The number of nitrogens with one attached hydrogen (secondary N) is 1. The van der Waals surface area contributed by atoms with Gasteiger partial charge in [-0.05, 0) is 31.2 Å². The highest BCUT2D eigenvalue weighted by molar-refractivity contribution is 7.09. The third-order valence-corrected chi connectivity index (χ3v) is 3.87. The van der Waals surface area contributed by atoms with Crippen molar-refractivity contribution >= 4 is 22.9 Å². The molecule has 0 radical (unpaired) electrons. The molecule has 1 aromatic heterocycles. The largest absolute Gasteiger partial charge is 0.492 e. The van der Waals surface area contributed by atoms with E-state index in [0.29, 0.717) is 11.6 Å². The van der Waals surface area contributed by atoms with Crippen LogP contribution in [0.3, 0.4) is 0 Å². The van der Waals surface area contributed by atoms with Gasteiger partial charge in [-0.2, -0.15) is 0 Å². The van der Waals surface area contributed by atoms with Crippen molar-refractivity contribution in [2.45, 2.75) is 25.8 Å². The summed E-state index contributed by atoms with van der Waals surface area (Å²) in [5, 5.41) is 7.33. The van der Waals surface area contributed by atoms with Crippen molar-refractivity contribution in [2.75, 3.05) is 13.2 Å². The molecule has 2 aromatic rings. The quantitative estimate of drug-likeness (QED) is 0.805. The van der Waals surface area contributed by atoms with Gasteiger partial charge in [-0.3, -0.25) is 0 Å². The lowest BCUT2D eigenvalue weighted by Gasteiger charge is -2.18. The van der Waals surface area contributed by atoms with E-state index in [2.05, 4.69) is 17.2 Å². The van der Waals surface area contributed by atoms with E-state index in [1.165, 1.54) is 0 Å². The average Bonchev–Trinajstić information content (AvgIpc) is 2.95. The maximum absolute atomic E-state index is 5.95. The zero-order chi connectivity index (χ0) is 14.2. The van der Waals surface area contributed by atoms with E-state index in [0.717, 1.165) is 30.1 Å². The predicted octanol–water partition coefficient (Wildman–Crippen LogP) is 3.79. The molecule has 3 nitrogen and oxygen atoms in total. The number of benzene rings is 1. The van der Waals surface area contributed by atoms with E-state index in [1.807, 2.05) is 35.8 Å². The molecule has 0 fully saturated rings. The van der Waals surface area contributed by atoms with Gasteiger partial charge in [0.2, 0.25) is 0 Å². The van der Waals surface area contributed by atoms with Crippen LogP contribution >= 0.6 is 22.9 Å². The fourth-order valence-corrected chi connectivity index (χ4v) is 2.73. The fourth-order valence-electron chi connectivity index (χ4n) is 1.86. The highest BCUT2D eigenvalue weighted by Crippen LogP contribution is 2.17. The summed E-state index contributed by atoms with van der Waals surface area (Å²) in [7, 11) is 0. The van der Waals surface area contributed by atoms with Gasteiger partial charge in [0.15, 0.2) is 0 Å². The van der Waals surface area contributed by atoms with Crippen molar-refractivity contribution in [3.63, 3.8) is 0 Å². The van der Waals surface area contributed by atoms with E-state index in [4.69, 9.17) is 16.3 Å². The Morgan fingerprint density at radius 3 is 3.05 bits per heavy atom. The van der Waals surface area contributed by atoms with Crippen LogP contribution in [0.1, 0.15) is 18.4 Å². The van der Waals surface area contributed by atoms with Gasteiger partial charge >= 0.3 is 0 Å². The number of thiazole rings is 1. The molecule has 2 rings (SSSR count). The molecule has 0 aliphatic rings. The van der Waals surface area contributed by atoms with E-state index in [9.17, 15) is 0 Å². The molecule has 20 heavy (non-hydrogen) atoms. The number of nitrogens with zero attached hydrogens (tertiary/aromatic N) is 1. The highest BCUT2D eigenvalue weighted by Gasteiger charge is 2.11.